The van der Waals surface area contributed by atoms with Crippen LogP contribution in [0.3, 0.4) is 0 Å². The first-order chi connectivity index (χ1) is 13.6. The number of carbonyl (C=O) groups excluding carboxylic acids is 1. The van der Waals surface area contributed by atoms with E-state index >= 15 is 0 Å². The zero-order chi connectivity index (χ0) is 21.3. The van der Waals surface area contributed by atoms with Crippen LogP contribution in [0.2, 0.25) is 0 Å². The fourth-order valence-electron chi connectivity index (χ4n) is 3.03. The second kappa shape index (κ2) is 8.09. The molecule has 156 valence electrons. The lowest BCUT2D eigenvalue weighted by Gasteiger charge is -2.14. The summed E-state index contributed by atoms with van der Waals surface area (Å²) in [5.41, 5.74) is -0.707. The lowest BCUT2D eigenvalue weighted by atomic mass is 10.2. The van der Waals surface area contributed by atoms with Crippen molar-refractivity contribution < 1.29 is 35.9 Å². The molecule has 0 heterocycles. The number of rotatable bonds is 5. The Labute approximate surface area is 163 Å². The van der Waals surface area contributed by atoms with Gasteiger partial charge in [-0.1, -0.05) is 0 Å². The van der Waals surface area contributed by atoms with Crippen molar-refractivity contribution in [2.75, 3.05) is 5.32 Å². The van der Waals surface area contributed by atoms with E-state index in [1.807, 2.05) is 0 Å². The number of halogens is 4. The van der Waals surface area contributed by atoms with Gasteiger partial charge in [0, 0.05) is 29.4 Å². The van der Waals surface area contributed by atoms with Gasteiger partial charge >= 0.3 is 0 Å². The van der Waals surface area contributed by atoms with Crippen LogP contribution >= 0.6 is 0 Å². The molecule has 0 saturated heterocycles. The molecular formula is C18H16F4N2O4S. The maximum atomic E-state index is 14.1. The standard InChI is InChI=1S/C18H16F4N2O4S/c19-13-4-1-9(18(26)23-11-7-14(20)17(22)15(21)8-11)5-16(13)29(27,28)24-10-2-3-12(25)6-10/h1,4-5,7-8,10,12,24-25H,2-3,6H2,(H,23,26)/t10-,12-/m1/s1. The second-order valence-electron chi connectivity index (χ2n) is 6.64. The van der Waals surface area contributed by atoms with Gasteiger partial charge in [0.1, 0.15) is 10.7 Å². The van der Waals surface area contributed by atoms with Crippen LogP contribution in [0.4, 0.5) is 23.2 Å². The molecule has 11 heteroatoms. The summed E-state index contributed by atoms with van der Waals surface area (Å²) >= 11 is 0. The highest BCUT2D eigenvalue weighted by Gasteiger charge is 2.29. The Kier molecular flexibility index (Phi) is 5.92. The first kappa shape index (κ1) is 21.2. The second-order valence-corrected chi connectivity index (χ2v) is 8.32. The summed E-state index contributed by atoms with van der Waals surface area (Å²) in [5, 5.41) is 11.6. The first-order valence-electron chi connectivity index (χ1n) is 8.52. The predicted molar refractivity (Wildman–Crippen MR) is 94.6 cm³/mol. The Morgan fingerprint density at radius 1 is 1.00 bits per heavy atom. The van der Waals surface area contributed by atoms with E-state index in [1.54, 1.807) is 0 Å². The number of hydrogen-bond acceptors (Lipinski definition) is 4. The lowest BCUT2D eigenvalue weighted by molar-refractivity contribution is 0.102. The summed E-state index contributed by atoms with van der Waals surface area (Å²) in [6.45, 7) is 0. The number of nitrogens with one attached hydrogen (secondary N) is 2. The Hall–Kier alpha value is -2.50. The summed E-state index contributed by atoms with van der Waals surface area (Å²) in [4.78, 5) is 11.5. The number of sulfonamides is 1. The molecule has 29 heavy (non-hydrogen) atoms. The van der Waals surface area contributed by atoms with Gasteiger partial charge in [-0.3, -0.25) is 4.79 Å². The van der Waals surface area contributed by atoms with Crippen LogP contribution in [-0.2, 0) is 10.0 Å². The third kappa shape index (κ3) is 4.74. The number of carbonyl (C=O) groups is 1. The zero-order valence-corrected chi connectivity index (χ0v) is 15.6. The van der Waals surface area contributed by atoms with Crippen LogP contribution in [0.25, 0.3) is 0 Å². The smallest absolute Gasteiger partial charge is 0.255 e. The Bertz CT molecular complexity index is 1040. The molecule has 6 nitrogen and oxygen atoms in total. The largest absolute Gasteiger partial charge is 0.393 e. The van der Waals surface area contributed by atoms with E-state index < -0.39 is 61.9 Å². The summed E-state index contributed by atoms with van der Waals surface area (Å²) < 4.78 is 80.9. The number of amides is 1. The Morgan fingerprint density at radius 2 is 1.66 bits per heavy atom. The van der Waals surface area contributed by atoms with Crippen LogP contribution < -0.4 is 10.0 Å². The van der Waals surface area contributed by atoms with Crippen LogP contribution in [0, 0.1) is 23.3 Å². The van der Waals surface area contributed by atoms with Crippen LogP contribution in [0.15, 0.2) is 35.2 Å². The van der Waals surface area contributed by atoms with E-state index in [-0.39, 0.29) is 12.0 Å². The number of benzene rings is 2. The van der Waals surface area contributed by atoms with Crippen LogP contribution in [0.1, 0.15) is 29.6 Å². The lowest BCUT2D eigenvalue weighted by Crippen LogP contribution is -2.34. The molecule has 1 fully saturated rings. The maximum absolute atomic E-state index is 14.1. The summed E-state index contributed by atoms with van der Waals surface area (Å²) in [5.74, 6) is -6.84. The molecule has 2 atom stereocenters. The maximum Gasteiger partial charge on any atom is 0.255 e. The van der Waals surface area contributed by atoms with E-state index in [4.69, 9.17) is 0 Å². The molecule has 1 aliphatic rings. The number of aliphatic hydroxyl groups excluding tert-OH is 1. The molecule has 3 rings (SSSR count). The van der Waals surface area contributed by atoms with Crippen molar-refractivity contribution in [3.63, 3.8) is 0 Å². The van der Waals surface area contributed by atoms with Gasteiger partial charge in [-0.05, 0) is 37.5 Å². The minimum Gasteiger partial charge on any atom is -0.393 e. The van der Waals surface area contributed by atoms with Crippen molar-refractivity contribution in [1.29, 1.82) is 0 Å². The average molecular weight is 432 g/mol. The minimum absolute atomic E-state index is 0.183. The van der Waals surface area contributed by atoms with Gasteiger partial charge in [0.15, 0.2) is 17.5 Å². The third-order valence-corrected chi connectivity index (χ3v) is 5.99. The first-order valence-corrected chi connectivity index (χ1v) is 10.0. The van der Waals surface area contributed by atoms with Crippen molar-refractivity contribution in [2.24, 2.45) is 0 Å². The normalized spacial score (nSPS) is 19.3. The van der Waals surface area contributed by atoms with Crippen molar-refractivity contribution >= 4 is 21.6 Å². The molecule has 2 aromatic rings. The molecule has 1 saturated carbocycles. The summed E-state index contributed by atoms with van der Waals surface area (Å²) in [7, 11) is -4.33. The third-order valence-electron chi connectivity index (χ3n) is 4.45. The van der Waals surface area contributed by atoms with Crippen molar-refractivity contribution in [2.45, 2.75) is 36.3 Å². The van der Waals surface area contributed by atoms with Gasteiger partial charge in [-0.2, -0.15) is 0 Å². The van der Waals surface area contributed by atoms with Gasteiger partial charge in [0.2, 0.25) is 10.0 Å². The highest BCUT2D eigenvalue weighted by Crippen LogP contribution is 2.24. The van der Waals surface area contributed by atoms with E-state index in [0.717, 1.165) is 18.2 Å². The molecule has 0 unspecified atom stereocenters. The van der Waals surface area contributed by atoms with Crippen LogP contribution in [0.5, 0.6) is 0 Å². The summed E-state index contributed by atoms with van der Waals surface area (Å²) in [6, 6.07) is 3.04. The monoisotopic (exact) mass is 432 g/mol. The number of aliphatic hydroxyl groups is 1. The summed E-state index contributed by atoms with van der Waals surface area (Å²) in [6.07, 6.45) is 0.316. The topological polar surface area (TPSA) is 95.5 Å². The van der Waals surface area contributed by atoms with Crippen LogP contribution in [-0.4, -0.2) is 31.6 Å². The van der Waals surface area contributed by atoms with E-state index in [0.29, 0.717) is 25.0 Å². The molecule has 0 aromatic heterocycles. The quantitative estimate of drug-likeness (QED) is 0.500. The molecule has 0 spiro atoms. The molecule has 1 amide bonds. The van der Waals surface area contributed by atoms with Gasteiger partial charge in [-0.25, -0.2) is 30.7 Å². The molecule has 0 radical (unpaired) electrons. The van der Waals surface area contributed by atoms with Crippen molar-refractivity contribution in [3.05, 3.63) is 59.2 Å². The fourth-order valence-corrected chi connectivity index (χ4v) is 4.42. The molecule has 2 aromatic carbocycles. The Morgan fingerprint density at radius 3 is 2.24 bits per heavy atom. The van der Waals surface area contributed by atoms with Gasteiger partial charge < -0.3 is 10.4 Å². The molecule has 3 N–H and O–H groups in total. The highest BCUT2D eigenvalue weighted by atomic mass is 32.2. The van der Waals surface area contributed by atoms with Gasteiger partial charge in [0.05, 0.1) is 6.10 Å². The average Bonchev–Trinajstić information content (AvgIpc) is 3.03. The molecule has 1 aliphatic carbocycles. The van der Waals surface area contributed by atoms with Gasteiger partial charge in [-0.15, -0.1) is 0 Å². The van der Waals surface area contributed by atoms with Crippen molar-refractivity contribution in [1.82, 2.24) is 4.72 Å². The minimum atomic E-state index is -4.33. The predicted octanol–water partition coefficient (Wildman–Crippen LogP) is 2.69. The number of anilines is 1. The van der Waals surface area contributed by atoms with E-state index in [1.165, 1.54) is 0 Å². The fraction of sp³-hybridized carbons (Fsp3) is 0.278. The van der Waals surface area contributed by atoms with Crippen molar-refractivity contribution in [3.8, 4) is 0 Å². The Balaban J connectivity index is 1.83. The number of hydrogen-bond donors (Lipinski definition) is 3. The van der Waals surface area contributed by atoms with E-state index in [2.05, 4.69) is 10.0 Å². The highest BCUT2D eigenvalue weighted by molar-refractivity contribution is 7.89. The molecular weight excluding hydrogens is 416 g/mol. The SMILES string of the molecule is O=C(Nc1cc(F)c(F)c(F)c1)c1ccc(F)c(S(=O)(=O)N[C@@H]2CC[C@@H](O)C2)c1. The molecule has 0 aliphatic heterocycles. The van der Waals surface area contributed by atoms with Gasteiger partial charge in [0.25, 0.3) is 5.91 Å². The van der Waals surface area contributed by atoms with E-state index in [9.17, 15) is 35.9 Å². The molecule has 0 bridgehead atoms. The zero-order valence-electron chi connectivity index (χ0n) is 14.8.